The average molecular weight is 399 g/mol. The molecule has 1 unspecified atom stereocenters. The predicted octanol–water partition coefficient (Wildman–Crippen LogP) is 4.29. The van der Waals surface area contributed by atoms with Crippen molar-refractivity contribution in [2.75, 3.05) is 5.32 Å². The summed E-state index contributed by atoms with van der Waals surface area (Å²) in [5.41, 5.74) is 1.02. The maximum Gasteiger partial charge on any atom is 0.308 e. The average Bonchev–Trinajstić information content (AvgIpc) is 3.08. The lowest BCUT2D eigenvalue weighted by Gasteiger charge is -2.24. The Morgan fingerprint density at radius 1 is 1.21 bits per heavy atom. The van der Waals surface area contributed by atoms with Gasteiger partial charge in [-0.15, -0.1) is 0 Å². The number of oxime groups is 1. The van der Waals surface area contributed by atoms with Gasteiger partial charge in [-0.2, -0.15) is 0 Å². The molecule has 144 valence electrons. The topological polar surface area (TPSA) is 88.0 Å². The van der Waals surface area contributed by atoms with Crippen molar-refractivity contribution in [3.63, 3.8) is 0 Å². The number of carbonyl (C=O) groups is 2. The highest BCUT2D eigenvalue weighted by molar-refractivity contribution is 6.31. The lowest BCUT2D eigenvalue weighted by atomic mass is 9.91. The Hall–Kier alpha value is -3.12. The predicted molar refractivity (Wildman–Crippen MR) is 108 cm³/mol. The Kier molecular flexibility index (Phi) is 5.80. The quantitative estimate of drug-likeness (QED) is 0.759. The third kappa shape index (κ3) is 4.40. The number of benzene rings is 2. The van der Waals surface area contributed by atoms with E-state index in [1.165, 1.54) is 0 Å². The summed E-state index contributed by atoms with van der Waals surface area (Å²) in [6.45, 7) is 1.77. The van der Waals surface area contributed by atoms with Crippen LogP contribution in [0, 0.1) is 6.92 Å². The number of allylic oxidation sites excluding steroid dienone is 1. The summed E-state index contributed by atoms with van der Waals surface area (Å²) in [5.74, 6) is -1.73. The molecule has 1 atom stereocenters. The first kappa shape index (κ1) is 19.6. The third-order valence-corrected chi connectivity index (χ3v) is 4.85. The maximum absolute atomic E-state index is 12.9. The zero-order valence-electron chi connectivity index (χ0n) is 15.2. The first-order valence-corrected chi connectivity index (χ1v) is 9.04. The summed E-state index contributed by atoms with van der Waals surface area (Å²) >= 11 is 6.09. The van der Waals surface area contributed by atoms with Crippen molar-refractivity contribution >= 4 is 41.0 Å². The molecule has 2 aromatic rings. The summed E-state index contributed by atoms with van der Waals surface area (Å²) in [6.07, 6.45) is 3.09. The van der Waals surface area contributed by atoms with Crippen molar-refractivity contribution in [3.05, 3.63) is 70.8 Å². The second-order valence-corrected chi connectivity index (χ2v) is 6.93. The molecular formula is C21H19ClN2O4. The molecule has 0 fully saturated rings. The zero-order chi connectivity index (χ0) is 20.1. The van der Waals surface area contributed by atoms with Gasteiger partial charge in [0.25, 0.3) is 5.91 Å². The van der Waals surface area contributed by atoms with Crippen LogP contribution in [0.1, 0.15) is 24.0 Å². The Labute approximate surface area is 167 Å². The number of aliphatic carboxylic acids is 1. The van der Waals surface area contributed by atoms with Crippen LogP contribution in [0.15, 0.2) is 59.8 Å². The number of rotatable bonds is 6. The lowest BCUT2D eigenvalue weighted by molar-refractivity contribution is -0.152. The highest BCUT2D eigenvalue weighted by Crippen LogP contribution is 2.31. The minimum absolute atomic E-state index is 0.0497. The fourth-order valence-corrected chi connectivity index (χ4v) is 3.04. The van der Waals surface area contributed by atoms with Crippen LogP contribution in [0.3, 0.4) is 0 Å². The number of nitrogens with zero attached hydrogens (tertiary/aromatic N) is 1. The number of hydrogen-bond acceptors (Lipinski definition) is 4. The molecule has 0 bridgehead atoms. The van der Waals surface area contributed by atoms with E-state index < -0.39 is 23.9 Å². The standard InChI is InChI=1S/C21H19ClN2O4/c1-14-17(22)8-5-9-18(14)23-20(27)21(13-19(25)26)12-16(24-28-21)11-10-15-6-3-2-4-7-15/h2-11H,12-13H2,1H3,(H,23,27)(H,25,26). The van der Waals surface area contributed by atoms with Crippen molar-refractivity contribution in [1.82, 2.24) is 0 Å². The van der Waals surface area contributed by atoms with Crippen molar-refractivity contribution in [2.45, 2.75) is 25.4 Å². The van der Waals surface area contributed by atoms with Crippen LogP contribution in [-0.4, -0.2) is 28.3 Å². The van der Waals surface area contributed by atoms with Gasteiger partial charge in [0.1, 0.15) is 0 Å². The number of carboxylic acids is 1. The van der Waals surface area contributed by atoms with E-state index in [1.54, 1.807) is 31.2 Å². The minimum Gasteiger partial charge on any atom is -0.481 e. The normalized spacial score (nSPS) is 18.6. The number of nitrogens with one attached hydrogen (secondary N) is 1. The SMILES string of the molecule is Cc1c(Cl)cccc1NC(=O)C1(CC(=O)O)CC(C=Cc2ccccc2)=NO1. The molecule has 1 amide bonds. The van der Waals surface area contributed by atoms with Gasteiger partial charge in [-0.1, -0.05) is 59.2 Å². The second kappa shape index (κ2) is 8.27. The highest BCUT2D eigenvalue weighted by Gasteiger charge is 2.48. The van der Waals surface area contributed by atoms with Gasteiger partial charge in [-0.3, -0.25) is 9.59 Å². The van der Waals surface area contributed by atoms with Gasteiger partial charge >= 0.3 is 5.97 Å². The first-order chi connectivity index (χ1) is 13.4. The zero-order valence-corrected chi connectivity index (χ0v) is 15.9. The Balaban J connectivity index is 1.78. The maximum atomic E-state index is 12.9. The molecule has 0 spiro atoms. The van der Waals surface area contributed by atoms with Crippen molar-refractivity contribution in [1.29, 1.82) is 0 Å². The van der Waals surface area contributed by atoms with Crippen LogP contribution in [0.4, 0.5) is 5.69 Å². The number of hydrogen-bond donors (Lipinski definition) is 2. The highest BCUT2D eigenvalue weighted by atomic mass is 35.5. The lowest BCUT2D eigenvalue weighted by Crippen LogP contribution is -2.45. The molecule has 1 aliphatic heterocycles. The molecule has 6 nitrogen and oxygen atoms in total. The summed E-state index contributed by atoms with van der Waals surface area (Å²) in [6, 6.07) is 14.7. The fourth-order valence-electron chi connectivity index (χ4n) is 2.87. The number of carbonyl (C=O) groups excluding carboxylic acids is 1. The van der Waals surface area contributed by atoms with Gasteiger partial charge in [0.2, 0.25) is 5.60 Å². The summed E-state index contributed by atoms with van der Waals surface area (Å²) in [4.78, 5) is 29.7. The molecule has 0 radical (unpaired) electrons. The molecule has 2 aromatic carbocycles. The summed E-state index contributed by atoms with van der Waals surface area (Å²) in [5, 5.41) is 16.5. The van der Waals surface area contributed by atoms with Gasteiger partial charge in [0, 0.05) is 17.1 Å². The largest absolute Gasteiger partial charge is 0.481 e. The third-order valence-electron chi connectivity index (χ3n) is 4.44. The molecule has 0 aromatic heterocycles. The first-order valence-electron chi connectivity index (χ1n) is 8.66. The molecule has 0 saturated heterocycles. The fraction of sp³-hybridized carbons (Fsp3) is 0.190. The molecule has 1 heterocycles. The molecule has 28 heavy (non-hydrogen) atoms. The van der Waals surface area contributed by atoms with Crippen molar-refractivity contribution in [3.8, 4) is 0 Å². The van der Waals surface area contributed by atoms with Crippen LogP contribution >= 0.6 is 11.6 Å². The van der Waals surface area contributed by atoms with E-state index in [0.29, 0.717) is 22.0 Å². The van der Waals surface area contributed by atoms with E-state index in [9.17, 15) is 14.7 Å². The molecule has 0 saturated carbocycles. The van der Waals surface area contributed by atoms with Crippen LogP contribution in [0.25, 0.3) is 6.08 Å². The van der Waals surface area contributed by atoms with Gasteiger partial charge < -0.3 is 15.3 Å². The minimum atomic E-state index is -1.61. The Morgan fingerprint density at radius 3 is 2.68 bits per heavy atom. The summed E-state index contributed by atoms with van der Waals surface area (Å²) in [7, 11) is 0. The molecule has 0 aliphatic carbocycles. The molecule has 7 heteroatoms. The number of anilines is 1. The molecule has 1 aliphatic rings. The van der Waals surface area contributed by atoms with Gasteiger partial charge in [-0.05, 0) is 36.3 Å². The smallest absolute Gasteiger partial charge is 0.308 e. The van der Waals surface area contributed by atoms with Gasteiger partial charge in [-0.25, -0.2) is 0 Å². The van der Waals surface area contributed by atoms with E-state index in [0.717, 1.165) is 5.56 Å². The number of halogens is 1. The molecule has 3 rings (SSSR count). The van der Waals surface area contributed by atoms with Gasteiger partial charge in [0.15, 0.2) is 0 Å². The van der Waals surface area contributed by atoms with E-state index in [1.807, 2.05) is 36.4 Å². The number of amides is 1. The number of carboxylic acid groups (broad SMARTS) is 1. The van der Waals surface area contributed by atoms with Crippen molar-refractivity contribution in [2.24, 2.45) is 5.16 Å². The van der Waals surface area contributed by atoms with Crippen LogP contribution < -0.4 is 5.32 Å². The molecular weight excluding hydrogens is 380 g/mol. The van der Waals surface area contributed by atoms with E-state index in [2.05, 4.69) is 10.5 Å². The Bertz CT molecular complexity index is 956. The molecule has 2 N–H and O–H groups in total. The van der Waals surface area contributed by atoms with Crippen LogP contribution in [0.5, 0.6) is 0 Å². The van der Waals surface area contributed by atoms with E-state index >= 15 is 0 Å². The second-order valence-electron chi connectivity index (χ2n) is 6.53. The van der Waals surface area contributed by atoms with Gasteiger partial charge in [0.05, 0.1) is 12.1 Å². The van der Waals surface area contributed by atoms with E-state index in [-0.39, 0.29) is 6.42 Å². The van der Waals surface area contributed by atoms with Crippen LogP contribution in [-0.2, 0) is 14.4 Å². The summed E-state index contributed by atoms with van der Waals surface area (Å²) < 4.78 is 0. The van der Waals surface area contributed by atoms with Crippen molar-refractivity contribution < 1.29 is 19.5 Å². The monoisotopic (exact) mass is 398 g/mol. The Morgan fingerprint density at radius 2 is 1.96 bits per heavy atom. The van der Waals surface area contributed by atoms with Crippen LogP contribution in [0.2, 0.25) is 5.02 Å². The van der Waals surface area contributed by atoms with E-state index in [4.69, 9.17) is 16.4 Å².